The van der Waals surface area contributed by atoms with Gasteiger partial charge in [0.05, 0.1) is 0 Å². The van der Waals surface area contributed by atoms with Crippen LogP contribution in [0.2, 0.25) is 0 Å². The highest BCUT2D eigenvalue weighted by atomic mass is 16.6. The zero-order valence-corrected chi connectivity index (χ0v) is 49.9. The summed E-state index contributed by atoms with van der Waals surface area (Å²) in [5.41, 5.74) is 0. The highest BCUT2D eigenvalue weighted by Gasteiger charge is 2.19. The van der Waals surface area contributed by atoms with Crippen molar-refractivity contribution in [2.45, 2.75) is 284 Å². The molecule has 0 aromatic heterocycles. The number of ether oxygens (including phenoxy) is 3. The maximum absolute atomic E-state index is 12.9. The molecule has 0 rings (SSSR count). The number of carbonyl (C=O) groups is 3. The van der Waals surface area contributed by atoms with Gasteiger partial charge in [-0.2, -0.15) is 0 Å². The number of hydrogen-bond donors (Lipinski definition) is 0. The molecule has 0 aliphatic heterocycles. The number of hydrogen-bond acceptors (Lipinski definition) is 6. The molecule has 0 saturated heterocycles. The van der Waals surface area contributed by atoms with Gasteiger partial charge in [0, 0.05) is 19.3 Å². The predicted molar refractivity (Wildman–Crippen MR) is 334 cm³/mol. The number of esters is 3. The molecule has 436 valence electrons. The maximum Gasteiger partial charge on any atom is 0.306 e. The van der Waals surface area contributed by atoms with Gasteiger partial charge in [-0.25, -0.2) is 0 Å². The van der Waals surface area contributed by atoms with Crippen LogP contribution in [0.15, 0.2) is 134 Å². The lowest BCUT2D eigenvalue weighted by Crippen LogP contribution is -2.30. The SMILES string of the molecule is CC/C=C\C/C=C\C/C=C\C/C=C\C/C=C\C/C=C\CCCCCCCCCCCCC(=O)OCC(COC(=O)CCCCCCC/C=C\CCCC)OC(=O)CCCCCCCC/C=C\C/C=C\C/C=C\C/C=C\CC. The average Bonchev–Trinajstić information content (AvgIpc) is 3.43. The Morgan fingerprint density at radius 1 is 0.273 bits per heavy atom. The molecule has 0 amide bonds. The molecule has 0 aliphatic carbocycles. The third kappa shape index (κ3) is 62.3. The first-order chi connectivity index (χ1) is 38.0. The van der Waals surface area contributed by atoms with Crippen LogP contribution in [0.1, 0.15) is 278 Å². The van der Waals surface area contributed by atoms with Crippen molar-refractivity contribution in [2.75, 3.05) is 13.2 Å². The van der Waals surface area contributed by atoms with Gasteiger partial charge in [0.25, 0.3) is 0 Å². The molecule has 0 aromatic rings. The summed E-state index contributed by atoms with van der Waals surface area (Å²) in [6.45, 7) is 6.36. The smallest absolute Gasteiger partial charge is 0.306 e. The van der Waals surface area contributed by atoms with Gasteiger partial charge in [0.15, 0.2) is 6.10 Å². The minimum absolute atomic E-state index is 0.0919. The standard InChI is InChI=1S/C71H116O6/c1-4-7-10-13-16-19-22-24-26-28-30-31-32-33-34-35-36-37-38-39-41-42-44-46-49-52-55-58-61-64-70(73)76-67-68(66-75-69(72)63-60-57-54-51-48-21-18-15-12-9-6-3)77-71(74)65-62-59-56-53-50-47-45-43-40-29-27-25-23-20-17-14-11-8-5-2/h7-8,10-11,15-20,24-27,30-31,33-34,36-37,40,43,68H,4-6,9,12-14,21-23,28-29,32,35,38-39,41-42,44-67H2,1-3H3/b10-7-,11-8-,18-15-,19-16-,20-17-,26-24-,27-25-,31-30-,34-33-,37-36-,43-40-. The molecule has 0 heterocycles. The van der Waals surface area contributed by atoms with Gasteiger partial charge in [-0.15, -0.1) is 0 Å². The molecule has 0 bridgehead atoms. The minimum Gasteiger partial charge on any atom is -0.462 e. The predicted octanol–water partition coefficient (Wildman–Crippen LogP) is 21.8. The molecule has 1 atom stereocenters. The summed E-state index contributed by atoms with van der Waals surface area (Å²) in [7, 11) is 0. The second-order valence-electron chi connectivity index (χ2n) is 20.5. The third-order valence-corrected chi connectivity index (χ3v) is 13.1. The van der Waals surface area contributed by atoms with Crippen LogP contribution in [0.25, 0.3) is 0 Å². The van der Waals surface area contributed by atoms with E-state index in [1.165, 1.54) is 89.9 Å². The number of carbonyl (C=O) groups excluding carboxylic acids is 3. The molecule has 0 aliphatic rings. The first kappa shape index (κ1) is 72.5. The largest absolute Gasteiger partial charge is 0.462 e. The Bertz CT molecular complexity index is 1650. The summed E-state index contributed by atoms with van der Waals surface area (Å²) in [6.07, 6.45) is 90.3. The summed E-state index contributed by atoms with van der Waals surface area (Å²) < 4.78 is 16.9. The van der Waals surface area contributed by atoms with Gasteiger partial charge in [0.1, 0.15) is 13.2 Å². The molecule has 77 heavy (non-hydrogen) atoms. The zero-order valence-electron chi connectivity index (χ0n) is 49.9. The van der Waals surface area contributed by atoms with E-state index in [4.69, 9.17) is 14.2 Å². The minimum atomic E-state index is -0.796. The van der Waals surface area contributed by atoms with Gasteiger partial charge in [-0.1, -0.05) is 264 Å². The summed E-state index contributed by atoms with van der Waals surface area (Å²) in [4.78, 5) is 38.2. The van der Waals surface area contributed by atoms with E-state index in [-0.39, 0.29) is 31.1 Å². The van der Waals surface area contributed by atoms with Crippen molar-refractivity contribution < 1.29 is 28.6 Å². The van der Waals surface area contributed by atoms with Crippen molar-refractivity contribution >= 4 is 17.9 Å². The summed E-state index contributed by atoms with van der Waals surface area (Å²) in [5.74, 6) is -0.919. The third-order valence-electron chi connectivity index (χ3n) is 13.1. The average molecular weight is 1070 g/mol. The lowest BCUT2D eigenvalue weighted by Gasteiger charge is -2.18. The van der Waals surface area contributed by atoms with E-state index in [1.54, 1.807) is 0 Å². The second-order valence-corrected chi connectivity index (χ2v) is 20.5. The normalized spacial score (nSPS) is 13.0. The van der Waals surface area contributed by atoms with Gasteiger partial charge in [-0.3, -0.25) is 14.4 Å². The molecular formula is C71H116O6. The van der Waals surface area contributed by atoms with E-state index in [0.29, 0.717) is 19.3 Å². The van der Waals surface area contributed by atoms with Gasteiger partial charge in [-0.05, 0) is 128 Å². The Morgan fingerprint density at radius 3 is 0.805 bits per heavy atom. The van der Waals surface area contributed by atoms with E-state index in [2.05, 4.69) is 154 Å². The van der Waals surface area contributed by atoms with Crippen LogP contribution in [-0.2, 0) is 28.6 Å². The first-order valence-corrected chi connectivity index (χ1v) is 31.7. The van der Waals surface area contributed by atoms with E-state index >= 15 is 0 Å². The Morgan fingerprint density at radius 2 is 0.506 bits per heavy atom. The lowest BCUT2D eigenvalue weighted by molar-refractivity contribution is -0.167. The molecule has 0 saturated carbocycles. The highest BCUT2D eigenvalue weighted by Crippen LogP contribution is 2.15. The fraction of sp³-hybridized carbons (Fsp3) is 0.648. The topological polar surface area (TPSA) is 78.9 Å². The maximum atomic E-state index is 12.9. The van der Waals surface area contributed by atoms with Crippen LogP contribution in [0.5, 0.6) is 0 Å². The van der Waals surface area contributed by atoms with Crippen molar-refractivity contribution in [2.24, 2.45) is 0 Å². The molecule has 6 heteroatoms. The van der Waals surface area contributed by atoms with Crippen molar-refractivity contribution in [1.82, 2.24) is 0 Å². The molecule has 1 unspecified atom stereocenters. The zero-order chi connectivity index (χ0) is 55.7. The van der Waals surface area contributed by atoms with E-state index < -0.39 is 6.10 Å². The summed E-state index contributed by atoms with van der Waals surface area (Å²) in [5, 5.41) is 0. The van der Waals surface area contributed by atoms with Crippen molar-refractivity contribution in [3.05, 3.63) is 134 Å². The van der Waals surface area contributed by atoms with E-state index in [0.717, 1.165) is 148 Å². The molecule has 0 N–H and O–H groups in total. The van der Waals surface area contributed by atoms with Crippen LogP contribution in [0.3, 0.4) is 0 Å². The number of allylic oxidation sites excluding steroid dienone is 22. The monoisotopic (exact) mass is 1060 g/mol. The van der Waals surface area contributed by atoms with Gasteiger partial charge >= 0.3 is 17.9 Å². The first-order valence-electron chi connectivity index (χ1n) is 31.7. The Balaban J connectivity index is 4.30. The molecular weight excluding hydrogens is 949 g/mol. The Labute approximate surface area is 475 Å². The van der Waals surface area contributed by atoms with Crippen LogP contribution >= 0.6 is 0 Å². The molecule has 0 spiro atoms. The fourth-order valence-corrected chi connectivity index (χ4v) is 8.42. The molecule has 0 aromatic carbocycles. The molecule has 6 nitrogen and oxygen atoms in total. The van der Waals surface area contributed by atoms with Crippen molar-refractivity contribution in [3.8, 4) is 0 Å². The molecule has 0 fully saturated rings. The number of rotatable bonds is 56. The van der Waals surface area contributed by atoms with E-state index in [9.17, 15) is 14.4 Å². The van der Waals surface area contributed by atoms with Crippen LogP contribution < -0.4 is 0 Å². The van der Waals surface area contributed by atoms with Crippen molar-refractivity contribution in [3.63, 3.8) is 0 Å². The number of unbranched alkanes of at least 4 members (excludes halogenated alkanes) is 23. The van der Waals surface area contributed by atoms with Gasteiger partial charge < -0.3 is 14.2 Å². The van der Waals surface area contributed by atoms with Crippen LogP contribution in [-0.4, -0.2) is 37.2 Å². The Hall–Kier alpha value is -4.45. The Kier molecular flexibility index (Phi) is 60.4. The fourth-order valence-electron chi connectivity index (χ4n) is 8.42. The summed E-state index contributed by atoms with van der Waals surface area (Å²) in [6, 6.07) is 0. The lowest BCUT2D eigenvalue weighted by atomic mass is 10.1. The molecule has 0 radical (unpaired) electrons. The van der Waals surface area contributed by atoms with E-state index in [1.807, 2.05) is 0 Å². The van der Waals surface area contributed by atoms with Gasteiger partial charge in [0.2, 0.25) is 0 Å². The van der Waals surface area contributed by atoms with Crippen LogP contribution in [0.4, 0.5) is 0 Å². The second kappa shape index (κ2) is 64.1. The summed E-state index contributed by atoms with van der Waals surface area (Å²) >= 11 is 0. The van der Waals surface area contributed by atoms with Crippen molar-refractivity contribution in [1.29, 1.82) is 0 Å². The highest BCUT2D eigenvalue weighted by molar-refractivity contribution is 5.71. The quantitative estimate of drug-likeness (QED) is 0.0261. The van der Waals surface area contributed by atoms with Crippen LogP contribution in [0, 0.1) is 0 Å².